The first kappa shape index (κ1) is 13.9. The Labute approximate surface area is 103 Å². The van der Waals surface area contributed by atoms with Crippen LogP contribution in [0.5, 0.6) is 0 Å². The largest absolute Gasteiger partial charge is 0.393 e. The first-order valence-corrected chi connectivity index (χ1v) is 6.63. The van der Waals surface area contributed by atoms with E-state index in [2.05, 4.69) is 23.8 Å². The molecule has 0 aromatic carbocycles. The van der Waals surface area contributed by atoms with Gasteiger partial charge in [0.05, 0.1) is 12.3 Å². The maximum atomic E-state index is 11.2. The van der Waals surface area contributed by atoms with E-state index in [1.165, 1.54) is 19.3 Å². The average Bonchev–Trinajstić information content (AvgIpc) is 2.61. The number of carbonyl (C=O) groups excluding carboxylic acids is 2. The number of carbonyl (C=O) groups is 2. The van der Waals surface area contributed by atoms with Gasteiger partial charge in [-0.3, -0.25) is 9.59 Å². The van der Waals surface area contributed by atoms with Crippen LogP contribution in [0.3, 0.4) is 0 Å². The fourth-order valence-corrected chi connectivity index (χ4v) is 1.97. The van der Waals surface area contributed by atoms with Gasteiger partial charge in [0.25, 0.3) is 0 Å². The van der Waals surface area contributed by atoms with E-state index in [9.17, 15) is 9.59 Å². The number of ether oxygens (including phenoxy) is 1. The summed E-state index contributed by atoms with van der Waals surface area (Å²) in [5.74, 6) is -0.881. The van der Waals surface area contributed by atoms with Crippen LogP contribution in [0.15, 0.2) is 12.2 Å². The standard InChI is InChI=1S/C14H22O3/c1-2-3-4-5-6-7-8-9-10-12-11-13(15)17-14(12)16/h6-7,12H,2-5,8-11H2,1H3. The topological polar surface area (TPSA) is 43.4 Å². The zero-order chi connectivity index (χ0) is 12.5. The lowest BCUT2D eigenvalue weighted by molar-refractivity contribution is -0.153. The molecule has 1 saturated heterocycles. The summed E-state index contributed by atoms with van der Waals surface area (Å²) < 4.78 is 4.50. The summed E-state index contributed by atoms with van der Waals surface area (Å²) in [4.78, 5) is 22.0. The van der Waals surface area contributed by atoms with Crippen LogP contribution in [0.2, 0.25) is 0 Å². The van der Waals surface area contributed by atoms with Crippen molar-refractivity contribution in [2.24, 2.45) is 5.92 Å². The van der Waals surface area contributed by atoms with Gasteiger partial charge in [-0.25, -0.2) is 0 Å². The minimum absolute atomic E-state index is 0.184. The van der Waals surface area contributed by atoms with Crippen LogP contribution in [0.4, 0.5) is 0 Å². The molecule has 0 amide bonds. The minimum atomic E-state index is -0.366. The monoisotopic (exact) mass is 238 g/mol. The van der Waals surface area contributed by atoms with Crippen molar-refractivity contribution in [3.05, 3.63) is 12.2 Å². The number of rotatable bonds is 8. The van der Waals surface area contributed by atoms with Gasteiger partial charge >= 0.3 is 11.9 Å². The minimum Gasteiger partial charge on any atom is -0.393 e. The third-order valence-corrected chi connectivity index (χ3v) is 3.03. The predicted octanol–water partition coefficient (Wildman–Crippen LogP) is 3.38. The van der Waals surface area contributed by atoms with Gasteiger partial charge in [-0.15, -0.1) is 0 Å². The zero-order valence-electron chi connectivity index (χ0n) is 10.6. The molecule has 17 heavy (non-hydrogen) atoms. The Morgan fingerprint density at radius 3 is 2.47 bits per heavy atom. The van der Waals surface area contributed by atoms with E-state index < -0.39 is 0 Å². The molecular weight excluding hydrogens is 216 g/mol. The van der Waals surface area contributed by atoms with Crippen molar-refractivity contribution < 1.29 is 14.3 Å². The third kappa shape index (κ3) is 5.66. The smallest absolute Gasteiger partial charge is 0.317 e. The highest BCUT2D eigenvalue weighted by Crippen LogP contribution is 2.21. The molecule has 0 radical (unpaired) electrons. The van der Waals surface area contributed by atoms with Crippen molar-refractivity contribution in [3.63, 3.8) is 0 Å². The molecule has 0 N–H and O–H groups in total. The zero-order valence-corrected chi connectivity index (χ0v) is 10.6. The van der Waals surface area contributed by atoms with Crippen molar-refractivity contribution in [1.29, 1.82) is 0 Å². The SMILES string of the molecule is CCCCCC=CCCCC1CC(=O)OC1=O. The highest BCUT2D eigenvalue weighted by atomic mass is 16.6. The Balaban J connectivity index is 2.00. The van der Waals surface area contributed by atoms with Gasteiger partial charge < -0.3 is 4.74 Å². The third-order valence-electron chi connectivity index (χ3n) is 3.03. The summed E-state index contributed by atoms with van der Waals surface area (Å²) in [6.07, 6.45) is 12.3. The number of allylic oxidation sites excluding steroid dienone is 2. The van der Waals surface area contributed by atoms with Crippen LogP contribution in [-0.4, -0.2) is 11.9 Å². The Bertz CT molecular complexity index is 281. The van der Waals surface area contributed by atoms with E-state index in [1.807, 2.05) is 0 Å². The summed E-state index contributed by atoms with van der Waals surface area (Å²) in [6, 6.07) is 0. The van der Waals surface area contributed by atoms with Gasteiger partial charge in [-0.1, -0.05) is 31.9 Å². The van der Waals surface area contributed by atoms with Crippen LogP contribution in [0.25, 0.3) is 0 Å². The van der Waals surface area contributed by atoms with Gasteiger partial charge in [0.1, 0.15) is 0 Å². The quantitative estimate of drug-likeness (QED) is 0.282. The van der Waals surface area contributed by atoms with Crippen LogP contribution >= 0.6 is 0 Å². The van der Waals surface area contributed by atoms with Crippen molar-refractivity contribution >= 4 is 11.9 Å². The van der Waals surface area contributed by atoms with Crippen molar-refractivity contribution in [2.75, 3.05) is 0 Å². The van der Waals surface area contributed by atoms with E-state index in [4.69, 9.17) is 0 Å². The van der Waals surface area contributed by atoms with E-state index in [0.29, 0.717) is 0 Å². The molecule has 1 heterocycles. The Morgan fingerprint density at radius 2 is 1.88 bits per heavy atom. The summed E-state index contributed by atoms with van der Waals surface area (Å²) >= 11 is 0. The second-order valence-corrected chi connectivity index (χ2v) is 4.59. The van der Waals surface area contributed by atoms with Crippen molar-refractivity contribution in [3.8, 4) is 0 Å². The molecule has 3 heteroatoms. The Kier molecular flexibility index (Phi) is 6.60. The highest BCUT2D eigenvalue weighted by molar-refractivity contribution is 5.94. The molecule has 0 bridgehead atoms. The lowest BCUT2D eigenvalue weighted by atomic mass is 10.0. The summed E-state index contributed by atoms with van der Waals surface area (Å²) in [6.45, 7) is 2.20. The molecule has 3 nitrogen and oxygen atoms in total. The molecule has 0 aromatic rings. The highest BCUT2D eigenvalue weighted by Gasteiger charge is 2.32. The Morgan fingerprint density at radius 1 is 1.18 bits per heavy atom. The van der Waals surface area contributed by atoms with Crippen LogP contribution < -0.4 is 0 Å². The number of hydrogen-bond donors (Lipinski definition) is 0. The molecule has 1 atom stereocenters. The van der Waals surface area contributed by atoms with Crippen LogP contribution in [0, 0.1) is 5.92 Å². The maximum Gasteiger partial charge on any atom is 0.317 e. The van der Waals surface area contributed by atoms with Gasteiger partial charge in [-0.2, -0.15) is 0 Å². The predicted molar refractivity (Wildman–Crippen MR) is 66.3 cm³/mol. The number of unbranched alkanes of at least 4 members (excludes halogenated alkanes) is 4. The lowest BCUT2D eigenvalue weighted by Gasteiger charge is -2.01. The normalized spacial score (nSPS) is 20.2. The molecule has 0 aliphatic carbocycles. The van der Waals surface area contributed by atoms with Gasteiger partial charge in [0.2, 0.25) is 0 Å². The lowest BCUT2D eigenvalue weighted by Crippen LogP contribution is -2.06. The second-order valence-electron chi connectivity index (χ2n) is 4.59. The van der Waals surface area contributed by atoms with Gasteiger partial charge in [0, 0.05) is 0 Å². The van der Waals surface area contributed by atoms with Crippen LogP contribution in [0.1, 0.15) is 58.3 Å². The molecule has 1 aliphatic heterocycles. The fraction of sp³-hybridized carbons (Fsp3) is 0.714. The number of hydrogen-bond acceptors (Lipinski definition) is 3. The summed E-state index contributed by atoms with van der Waals surface area (Å²) in [5.41, 5.74) is 0. The average molecular weight is 238 g/mol. The fourth-order valence-electron chi connectivity index (χ4n) is 1.97. The first-order chi connectivity index (χ1) is 8.24. The molecule has 0 aromatic heterocycles. The molecule has 1 unspecified atom stereocenters. The van der Waals surface area contributed by atoms with Crippen molar-refractivity contribution in [1.82, 2.24) is 0 Å². The van der Waals surface area contributed by atoms with E-state index >= 15 is 0 Å². The van der Waals surface area contributed by atoms with Gasteiger partial charge in [-0.05, 0) is 32.1 Å². The maximum absolute atomic E-state index is 11.2. The molecule has 96 valence electrons. The molecule has 0 spiro atoms. The van der Waals surface area contributed by atoms with Crippen molar-refractivity contribution in [2.45, 2.75) is 58.3 Å². The molecule has 1 rings (SSSR count). The number of cyclic esters (lactones) is 2. The van der Waals surface area contributed by atoms with E-state index in [0.717, 1.165) is 25.7 Å². The number of esters is 2. The molecule has 1 fully saturated rings. The second kappa shape index (κ2) is 8.04. The van der Waals surface area contributed by atoms with Gasteiger partial charge in [0.15, 0.2) is 0 Å². The van der Waals surface area contributed by atoms with E-state index in [-0.39, 0.29) is 24.3 Å². The molecule has 0 saturated carbocycles. The first-order valence-electron chi connectivity index (χ1n) is 6.63. The van der Waals surface area contributed by atoms with E-state index in [1.54, 1.807) is 0 Å². The van der Waals surface area contributed by atoms with Crippen LogP contribution in [-0.2, 0) is 14.3 Å². The summed E-state index contributed by atoms with van der Waals surface area (Å²) in [5, 5.41) is 0. The summed E-state index contributed by atoms with van der Waals surface area (Å²) in [7, 11) is 0. The Hall–Kier alpha value is -1.12. The molecule has 1 aliphatic rings. The molecular formula is C14H22O3.